The molecule has 208 valence electrons. The summed E-state index contributed by atoms with van der Waals surface area (Å²) in [6.45, 7) is 0. The molecule has 2 aliphatic carbocycles. The van der Waals surface area contributed by atoms with Crippen molar-refractivity contribution in [1.82, 2.24) is 9.97 Å². The summed E-state index contributed by atoms with van der Waals surface area (Å²) in [5, 5.41) is 5.08. The summed E-state index contributed by atoms with van der Waals surface area (Å²) < 4.78 is 0. The zero-order valence-electron chi connectivity index (χ0n) is 24.4. The monoisotopic (exact) mass is 570 g/mol. The third-order valence-corrected chi connectivity index (χ3v) is 9.92. The van der Waals surface area contributed by atoms with Crippen LogP contribution in [-0.2, 0) is 5.41 Å². The first-order valence-corrected chi connectivity index (χ1v) is 15.5. The van der Waals surface area contributed by atoms with E-state index in [2.05, 4.69) is 132 Å². The molecular weight excluding hydrogens is 544 g/mol. The van der Waals surface area contributed by atoms with Gasteiger partial charge in [0.1, 0.15) is 0 Å². The number of hydrogen-bond acceptors (Lipinski definition) is 2. The van der Waals surface area contributed by atoms with Crippen molar-refractivity contribution in [3.05, 3.63) is 180 Å². The standard InChI is InChI=1S/C43H26N2/c1-2-11-30-27(10-1)21-24-37-41(30)34-23-19-28-26-29(38-17-9-18-40(45-38)39-16-7-8-25-44-39)20-22-31(28)42(34)43(37)35-14-5-3-12-32(35)33-13-4-6-15-36(33)43/h1-26H. The average molecular weight is 571 g/mol. The molecule has 0 radical (unpaired) electrons. The van der Waals surface area contributed by atoms with Gasteiger partial charge in [-0.25, -0.2) is 4.98 Å². The maximum absolute atomic E-state index is 5.03. The predicted molar refractivity (Wildman–Crippen MR) is 184 cm³/mol. The van der Waals surface area contributed by atoms with Crippen molar-refractivity contribution in [3.63, 3.8) is 0 Å². The summed E-state index contributed by atoms with van der Waals surface area (Å²) in [5.74, 6) is 0. The highest BCUT2D eigenvalue weighted by Crippen LogP contribution is 2.65. The van der Waals surface area contributed by atoms with Crippen LogP contribution in [0.5, 0.6) is 0 Å². The van der Waals surface area contributed by atoms with Crippen molar-refractivity contribution in [2.75, 3.05) is 0 Å². The number of benzene rings is 6. The van der Waals surface area contributed by atoms with Gasteiger partial charge in [0.2, 0.25) is 0 Å². The van der Waals surface area contributed by atoms with Crippen molar-refractivity contribution >= 4 is 21.5 Å². The Labute approximate surface area is 261 Å². The first-order chi connectivity index (χ1) is 22.3. The summed E-state index contributed by atoms with van der Waals surface area (Å²) in [7, 11) is 0. The fourth-order valence-corrected chi connectivity index (χ4v) is 8.16. The molecule has 0 N–H and O–H groups in total. The number of fused-ring (bicyclic) bond motifs is 14. The van der Waals surface area contributed by atoms with Crippen LogP contribution < -0.4 is 0 Å². The van der Waals surface area contributed by atoms with Crippen LogP contribution in [-0.4, -0.2) is 9.97 Å². The molecule has 2 aliphatic rings. The van der Waals surface area contributed by atoms with E-state index >= 15 is 0 Å². The van der Waals surface area contributed by atoms with E-state index in [1.807, 2.05) is 30.5 Å². The largest absolute Gasteiger partial charge is 0.255 e. The minimum Gasteiger partial charge on any atom is -0.255 e. The number of hydrogen-bond donors (Lipinski definition) is 0. The number of pyridine rings is 2. The molecule has 0 saturated heterocycles. The van der Waals surface area contributed by atoms with E-state index in [1.165, 1.54) is 66.1 Å². The van der Waals surface area contributed by atoms with Gasteiger partial charge in [0.15, 0.2) is 0 Å². The molecule has 2 nitrogen and oxygen atoms in total. The summed E-state index contributed by atoms with van der Waals surface area (Å²) >= 11 is 0. The number of rotatable bonds is 2. The van der Waals surface area contributed by atoms with E-state index in [-0.39, 0.29) is 0 Å². The number of aromatic nitrogens is 2. The second-order valence-electron chi connectivity index (χ2n) is 12.1. The van der Waals surface area contributed by atoms with Crippen LogP contribution in [0.3, 0.4) is 0 Å². The Kier molecular flexibility index (Phi) is 4.95. The van der Waals surface area contributed by atoms with Crippen molar-refractivity contribution < 1.29 is 0 Å². The third-order valence-electron chi connectivity index (χ3n) is 9.92. The van der Waals surface area contributed by atoms with E-state index in [4.69, 9.17) is 4.98 Å². The molecule has 2 heterocycles. The summed E-state index contributed by atoms with van der Waals surface area (Å²) in [4.78, 5) is 9.56. The molecule has 0 saturated carbocycles. The Morgan fingerprint density at radius 1 is 0.422 bits per heavy atom. The highest BCUT2D eigenvalue weighted by Gasteiger charge is 2.52. The van der Waals surface area contributed by atoms with Crippen molar-refractivity contribution in [2.45, 2.75) is 5.41 Å². The van der Waals surface area contributed by atoms with Gasteiger partial charge in [-0.2, -0.15) is 0 Å². The molecular formula is C43H26N2. The normalized spacial score (nSPS) is 13.5. The Bertz CT molecular complexity index is 2450. The molecule has 8 aromatic rings. The van der Waals surface area contributed by atoms with Crippen molar-refractivity contribution in [2.24, 2.45) is 0 Å². The quantitative estimate of drug-likeness (QED) is 0.207. The summed E-state index contributed by atoms with van der Waals surface area (Å²) in [6, 6.07) is 55.3. The Morgan fingerprint density at radius 3 is 1.96 bits per heavy atom. The lowest BCUT2D eigenvalue weighted by Gasteiger charge is -2.31. The molecule has 0 atom stereocenters. The Balaban J connectivity index is 1.28. The molecule has 10 rings (SSSR count). The van der Waals surface area contributed by atoms with E-state index in [9.17, 15) is 0 Å². The topological polar surface area (TPSA) is 25.8 Å². The zero-order valence-corrected chi connectivity index (χ0v) is 24.4. The van der Waals surface area contributed by atoms with Crippen LogP contribution in [0.4, 0.5) is 0 Å². The Hall–Kier alpha value is -5.86. The van der Waals surface area contributed by atoms with Crippen LogP contribution in [0.25, 0.3) is 66.4 Å². The molecule has 2 heteroatoms. The van der Waals surface area contributed by atoms with Crippen LogP contribution in [0.15, 0.2) is 158 Å². The number of nitrogens with zero attached hydrogens (tertiary/aromatic N) is 2. The second-order valence-corrected chi connectivity index (χ2v) is 12.1. The molecule has 6 aromatic carbocycles. The molecule has 0 aliphatic heterocycles. The maximum atomic E-state index is 5.03. The van der Waals surface area contributed by atoms with E-state index in [0.29, 0.717) is 0 Å². The lowest BCUT2D eigenvalue weighted by atomic mass is 9.69. The fourth-order valence-electron chi connectivity index (χ4n) is 8.16. The minimum atomic E-state index is -0.403. The second kappa shape index (κ2) is 9.07. The third kappa shape index (κ3) is 3.23. The first-order valence-electron chi connectivity index (χ1n) is 15.5. The zero-order chi connectivity index (χ0) is 29.5. The minimum absolute atomic E-state index is 0.403. The highest BCUT2D eigenvalue weighted by atomic mass is 14.8. The summed E-state index contributed by atoms with van der Waals surface area (Å²) in [6.07, 6.45) is 1.82. The van der Waals surface area contributed by atoms with Crippen LogP contribution in [0.1, 0.15) is 22.3 Å². The van der Waals surface area contributed by atoms with Crippen molar-refractivity contribution in [3.8, 4) is 44.9 Å². The van der Waals surface area contributed by atoms with Gasteiger partial charge in [-0.3, -0.25) is 4.98 Å². The molecule has 2 aromatic heterocycles. The van der Waals surface area contributed by atoms with Gasteiger partial charge in [0, 0.05) is 11.8 Å². The van der Waals surface area contributed by atoms with E-state index in [1.54, 1.807) is 0 Å². The molecule has 0 fully saturated rings. The average Bonchev–Trinajstić information content (AvgIpc) is 3.59. The van der Waals surface area contributed by atoms with Gasteiger partial charge in [-0.15, -0.1) is 0 Å². The van der Waals surface area contributed by atoms with E-state index in [0.717, 1.165) is 22.6 Å². The fraction of sp³-hybridized carbons (Fsp3) is 0.0233. The molecule has 45 heavy (non-hydrogen) atoms. The van der Waals surface area contributed by atoms with Gasteiger partial charge in [-0.1, -0.05) is 121 Å². The molecule has 1 spiro atoms. The van der Waals surface area contributed by atoms with Gasteiger partial charge in [0.25, 0.3) is 0 Å². The highest BCUT2D eigenvalue weighted by molar-refractivity contribution is 6.11. The van der Waals surface area contributed by atoms with Gasteiger partial charge in [-0.05, 0) is 96.4 Å². The Morgan fingerprint density at radius 2 is 1.13 bits per heavy atom. The van der Waals surface area contributed by atoms with Gasteiger partial charge >= 0.3 is 0 Å². The first kappa shape index (κ1) is 24.6. The molecule has 0 unspecified atom stereocenters. The molecule has 0 bridgehead atoms. The predicted octanol–water partition coefficient (Wildman–Crippen LogP) is 10.5. The maximum Gasteiger partial charge on any atom is 0.0893 e. The van der Waals surface area contributed by atoms with E-state index < -0.39 is 5.41 Å². The van der Waals surface area contributed by atoms with Crippen molar-refractivity contribution in [1.29, 1.82) is 0 Å². The summed E-state index contributed by atoms with van der Waals surface area (Å²) in [5.41, 5.74) is 14.2. The lowest BCUT2D eigenvalue weighted by Crippen LogP contribution is -2.26. The van der Waals surface area contributed by atoms with Gasteiger partial charge < -0.3 is 0 Å². The molecule has 0 amide bonds. The smallest absolute Gasteiger partial charge is 0.0893 e. The van der Waals surface area contributed by atoms with Crippen LogP contribution in [0, 0.1) is 0 Å². The SMILES string of the molecule is c1ccc(-c2cccc(-c3ccc4c5c(ccc4c3)-c3c(ccc4ccccc34)C53c4ccccc4-c4ccccc43)n2)nc1. The van der Waals surface area contributed by atoms with Gasteiger partial charge in [0.05, 0.1) is 22.5 Å². The van der Waals surface area contributed by atoms with Crippen LogP contribution >= 0.6 is 0 Å². The lowest BCUT2D eigenvalue weighted by molar-refractivity contribution is 0.802. The van der Waals surface area contributed by atoms with Crippen LogP contribution in [0.2, 0.25) is 0 Å².